The summed E-state index contributed by atoms with van der Waals surface area (Å²) in [6.45, 7) is 11.2. The van der Waals surface area contributed by atoms with E-state index < -0.39 is 0 Å². The summed E-state index contributed by atoms with van der Waals surface area (Å²) < 4.78 is 2.31. The van der Waals surface area contributed by atoms with Crippen LogP contribution in [0.2, 0.25) is 0 Å². The molecule has 0 aromatic carbocycles. The molecule has 1 atom stereocenters. The van der Waals surface area contributed by atoms with Crippen molar-refractivity contribution in [3.8, 4) is 0 Å². The van der Waals surface area contributed by atoms with Crippen LogP contribution in [-0.2, 0) is 13.0 Å². The molecule has 0 spiro atoms. The lowest BCUT2D eigenvalue weighted by Crippen LogP contribution is -2.39. The van der Waals surface area contributed by atoms with Crippen LogP contribution in [0, 0.1) is 5.92 Å². The van der Waals surface area contributed by atoms with Crippen LogP contribution < -0.4 is 5.32 Å². The van der Waals surface area contributed by atoms with Crippen LogP contribution in [0.25, 0.3) is 0 Å². The van der Waals surface area contributed by atoms with E-state index in [1.54, 1.807) is 0 Å². The van der Waals surface area contributed by atoms with Gasteiger partial charge in [0, 0.05) is 31.4 Å². The van der Waals surface area contributed by atoms with Crippen LogP contribution in [-0.4, -0.2) is 22.1 Å². The molecule has 19 heavy (non-hydrogen) atoms. The molecule has 0 saturated heterocycles. The number of aromatic nitrogens is 2. The van der Waals surface area contributed by atoms with Gasteiger partial charge in [-0.1, -0.05) is 40.5 Å². The molecule has 0 fully saturated rings. The van der Waals surface area contributed by atoms with E-state index >= 15 is 0 Å². The summed E-state index contributed by atoms with van der Waals surface area (Å²) in [4.78, 5) is 4.56. The fraction of sp³-hybridized carbons (Fsp3) is 0.812. The summed E-state index contributed by atoms with van der Waals surface area (Å²) in [6, 6.07) is 0.563. The standard InChI is InChI=1S/C16H31N3/c1-5-9-17-15(14(7-3)8-4)13-16-18-10-12-19(16)11-6-2/h10,12,14-15,17H,5-9,11,13H2,1-4H3. The maximum atomic E-state index is 4.56. The van der Waals surface area contributed by atoms with Crippen molar-refractivity contribution in [1.82, 2.24) is 14.9 Å². The Kier molecular flexibility index (Phi) is 7.80. The van der Waals surface area contributed by atoms with Crippen LogP contribution in [0.4, 0.5) is 0 Å². The SMILES string of the molecule is CCCNC(Cc1nccn1CCC)C(CC)CC. The lowest BCUT2D eigenvalue weighted by Gasteiger charge is -2.26. The van der Waals surface area contributed by atoms with Crippen molar-refractivity contribution in [2.45, 2.75) is 72.4 Å². The van der Waals surface area contributed by atoms with Gasteiger partial charge in [0.1, 0.15) is 5.82 Å². The van der Waals surface area contributed by atoms with Gasteiger partial charge in [-0.15, -0.1) is 0 Å². The summed E-state index contributed by atoms with van der Waals surface area (Å²) in [5.41, 5.74) is 0. The minimum Gasteiger partial charge on any atom is -0.335 e. The lowest BCUT2D eigenvalue weighted by molar-refractivity contribution is 0.325. The second-order valence-corrected chi connectivity index (χ2v) is 5.38. The van der Waals surface area contributed by atoms with Gasteiger partial charge in [-0.3, -0.25) is 0 Å². The minimum absolute atomic E-state index is 0.563. The van der Waals surface area contributed by atoms with Gasteiger partial charge < -0.3 is 9.88 Å². The third kappa shape index (κ3) is 4.98. The average Bonchev–Trinajstić information content (AvgIpc) is 2.85. The van der Waals surface area contributed by atoms with Crippen LogP contribution in [0.5, 0.6) is 0 Å². The Morgan fingerprint density at radius 1 is 1.16 bits per heavy atom. The molecule has 1 aromatic rings. The molecule has 0 amide bonds. The third-order valence-electron chi connectivity index (χ3n) is 3.94. The first-order valence-corrected chi connectivity index (χ1v) is 8.00. The Morgan fingerprint density at radius 2 is 1.89 bits per heavy atom. The van der Waals surface area contributed by atoms with Gasteiger partial charge in [-0.2, -0.15) is 0 Å². The molecule has 0 saturated carbocycles. The second-order valence-electron chi connectivity index (χ2n) is 5.38. The van der Waals surface area contributed by atoms with Gasteiger partial charge in [-0.05, 0) is 25.3 Å². The number of imidazole rings is 1. The summed E-state index contributed by atoms with van der Waals surface area (Å²) in [5, 5.41) is 3.73. The van der Waals surface area contributed by atoms with Crippen LogP contribution in [0.3, 0.4) is 0 Å². The van der Waals surface area contributed by atoms with Crippen molar-refractivity contribution in [1.29, 1.82) is 0 Å². The highest BCUT2D eigenvalue weighted by Gasteiger charge is 2.20. The molecule has 1 rings (SSSR count). The van der Waals surface area contributed by atoms with Gasteiger partial charge >= 0.3 is 0 Å². The van der Waals surface area contributed by atoms with E-state index in [1.165, 1.54) is 31.5 Å². The van der Waals surface area contributed by atoms with Crippen LogP contribution in [0.15, 0.2) is 12.4 Å². The van der Waals surface area contributed by atoms with Gasteiger partial charge in [0.05, 0.1) is 0 Å². The highest BCUT2D eigenvalue weighted by Crippen LogP contribution is 2.17. The van der Waals surface area contributed by atoms with Crippen LogP contribution >= 0.6 is 0 Å². The first kappa shape index (κ1) is 16.2. The quantitative estimate of drug-likeness (QED) is 0.700. The second kappa shape index (κ2) is 9.13. The molecule has 3 heteroatoms. The Balaban J connectivity index is 2.71. The topological polar surface area (TPSA) is 29.9 Å². The fourth-order valence-corrected chi connectivity index (χ4v) is 2.76. The monoisotopic (exact) mass is 265 g/mol. The number of aryl methyl sites for hydroxylation is 1. The van der Waals surface area contributed by atoms with Crippen molar-refractivity contribution in [2.24, 2.45) is 5.92 Å². The molecule has 1 N–H and O–H groups in total. The Hall–Kier alpha value is -0.830. The van der Waals surface area contributed by atoms with Gasteiger partial charge in [0.25, 0.3) is 0 Å². The highest BCUT2D eigenvalue weighted by atomic mass is 15.1. The van der Waals surface area contributed by atoms with Crippen molar-refractivity contribution >= 4 is 0 Å². The van der Waals surface area contributed by atoms with E-state index in [4.69, 9.17) is 0 Å². The van der Waals surface area contributed by atoms with Crippen molar-refractivity contribution < 1.29 is 0 Å². The van der Waals surface area contributed by atoms with Gasteiger partial charge in [0.15, 0.2) is 0 Å². The molecule has 1 heterocycles. The number of nitrogens with one attached hydrogen (secondary N) is 1. The zero-order chi connectivity index (χ0) is 14.1. The maximum Gasteiger partial charge on any atom is 0.110 e. The van der Waals surface area contributed by atoms with Crippen LogP contribution in [0.1, 0.15) is 59.2 Å². The van der Waals surface area contributed by atoms with E-state index in [9.17, 15) is 0 Å². The fourth-order valence-electron chi connectivity index (χ4n) is 2.76. The Bertz CT molecular complexity index is 328. The normalized spacial score (nSPS) is 13.1. The largest absolute Gasteiger partial charge is 0.335 e. The molecule has 110 valence electrons. The molecule has 0 aliphatic heterocycles. The molecule has 0 aliphatic rings. The molecular weight excluding hydrogens is 234 g/mol. The number of nitrogens with zero attached hydrogens (tertiary/aromatic N) is 2. The number of hydrogen-bond donors (Lipinski definition) is 1. The smallest absolute Gasteiger partial charge is 0.110 e. The van der Waals surface area contributed by atoms with Gasteiger partial charge in [-0.25, -0.2) is 4.98 Å². The Morgan fingerprint density at radius 3 is 2.47 bits per heavy atom. The van der Waals surface area contributed by atoms with Crippen molar-refractivity contribution in [3.63, 3.8) is 0 Å². The van der Waals surface area contributed by atoms with Gasteiger partial charge in [0.2, 0.25) is 0 Å². The number of rotatable bonds is 10. The predicted molar refractivity (Wildman–Crippen MR) is 82.4 cm³/mol. The molecule has 0 radical (unpaired) electrons. The third-order valence-corrected chi connectivity index (χ3v) is 3.94. The summed E-state index contributed by atoms with van der Waals surface area (Å²) >= 11 is 0. The molecule has 3 nitrogen and oxygen atoms in total. The average molecular weight is 265 g/mol. The van der Waals surface area contributed by atoms with E-state index in [0.717, 1.165) is 25.4 Å². The zero-order valence-corrected chi connectivity index (χ0v) is 13.2. The molecule has 0 aliphatic carbocycles. The Labute approximate surface area is 118 Å². The van der Waals surface area contributed by atoms with E-state index in [2.05, 4.69) is 48.8 Å². The molecule has 1 unspecified atom stereocenters. The molecular formula is C16H31N3. The maximum absolute atomic E-state index is 4.56. The summed E-state index contributed by atoms with van der Waals surface area (Å²) in [7, 11) is 0. The van der Waals surface area contributed by atoms with E-state index in [0.29, 0.717) is 6.04 Å². The predicted octanol–water partition coefficient (Wildman–Crippen LogP) is 3.64. The minimum atomic E-state index is 0.563. The first-order valence-electron chi connectivity index (χ1n) is 8.00. The number of hydrogen-bond acceptors (Lipinski definition) is 2. The summed E-state index contributed by atoms with van der Waals surface area (Å²) in [6.07, 6.45) is 9.96. The van der Waals surface area contributed by atoms with E-state index in [-0.39, 0.29) is 0 Å². The van der Waals surface area contributed by atoms with Crippen molar-refractivity contribution in [3.05, 3.63) is 18.2 Å². The zero-order valence-electron chi connectivity index (χ0n) is 13.2. The molecule has 1 aromatic heterocycles. The van der Waals surface area contributed by atoms with E-state index in [1.807, 2.05) is 6.20 Å². The highest BCUT2D eigenvalue weighted by molar-refractivity contribution is 4.97. The van der Waals surface area contributed by atoms with Crippen molar-refractivity contribution in [2.75, 3.05) is 6.54 Å². The first-order chi connectivity index (χ1) is 9.26. The summed E-state index contributed by atoms with van der Waals surface area (Å²) in [5.74, 6) is 1.99. The molecule has 0 bridgehead atoms. The lowest BCUT2D eigenvalue weighted by atomic mass is 9.91.